The lowest BCUT2D eigenvalue weighted by molar-refractivity contribution is 0.251. The van der Waals surface area contributed by atoms with Crippen molar-refractivity contribution in [2.24, 2.45) is 5.92 Å². The van der Waals surface area contributed by atoms with E-state index in [0.29, 0.717) is 29.9 Å². The van der Waals surface area contributed by atoms with Crippen LogP contribution in [0.5, 0.6) is 0 Å². The summed E-state index contributed by atoms with van der Waals surface area (Å²) in [6.45, 7) is 6.75. The van der Waals surface area contributed by atoms with E-state index in [0.717, 1.165) is 10.4 Å². The highest BCUT2D eigenvalue weighted by molar-refractivity contribution is 7.15. The van der Waals surface area contributed by atoms with Gasteiger partial charge < -0.3 is 15.2 Å². The minimum absolute atomic E-state index is 0.228. The molecular formula is C18H20N4O2S. The van der Waals surface area contributed by atoms with Crippen molar-refractivity contribution >= 4 is 23.1 Å². The van der Waals surface area contributed by atoms with Crippen LogP contribution in [0.2, 0.25) is 0 Å². The van der Waals surface area contributed by atoms with E-state index >= 15 is 0 Å². The van der Waals surface area contributed by atoms with Crippen LogP contribution in [0.4, 0.5) is 10.5 Å². The van der Waals surface area contributed by atoms with E-state index in [-0.39, 0.29) is 6.03 Å². The van der Waals surface area contributed by atoms with Gasteiger partial charge in [-0.25, -0.2) is 4.79 Å². The third-order valence-corrected chi connectivity index (χ3v) is 4.42. The molecule has 2 amide bonds. The maximum Gasteiger partial charge on any atom is 0.319 e. The molecule has 2 heterocycles. The molecular weight excluding hydrogens is 336 g/mol. The summed E-state index contributed by atoms with van der Waals surface area (Å²) in [5, 5.41) is 9.68. The molecule has 0 aliphatic rings. The first kappa shape index (κ1) is 17.2. The van der Waals surface area contributed by atoms with E-state index < -0.39 is 0 Å². The van der Waals surface area contributed by atoms with Crippen molar-refractivity contribution in [2.75, 3.05) is 11.9 Å². The SMILES string of the molecule is Cc1ccc(-c2nc(-c3cccc(NC(=O)NCC(C)C)c3)no2)s1. The quantitative estimate of drug-likeness (QED) is 0.703. The maximum atomic E-state index is 11.9. The second-order valence-electron chi connectivity index (χ2n) is 6.14. The van der Waals surface area contributed by atoms with Crippen LogP contribution in [0.15, 0.2) is 40.9 Å². The molecule has 0 fully saturated rings. The lowest BCUT2D eigenvalue weighted by Gasteiger charge is -2.09. The molecule has 0 radical (unpaired) electrons. The molecule has 0 unspecified atom stereocenters. The van der Waals surface area contributed by atoms with Gasteiger partial charge in [0.1, 0.15) is 0 Å². The summed E-state index contributed by atoms with van der Waals surface area (Å²) in [6.07, 6.45) is 0. The number of benzene rings is 1. The molecule has 7 heteroatoms. The standard InChI is InChI=1S/C18H20N4O2S/c1-11(2)10-19-18(23)20-14-6-4-5-13(9-14)16-21-17(24-22-16)15-8-7-12(3)25-15/h4-9,11H,10H2,1-3H3,(H2,19,20,23). The minimum Gasteiger partial charge on any atom is -0.338 e. The summed E-state index contributed by atoms with van der Waals surface area (Å²) in [5.41, 5.74) is 1.46. The maximum absolute atomic E-state index is 11.9. The Morgan fingerprint density at radius 2 is 2.12 bits per heavy atom. The predicted octanol–water partition coefficient (Wildman–Crippen LogP) is 4.55. The van der Waals surface area contributed by atoms with Crippen LogP contribution in [0.3, 0.4) is 0 Å². The molecule has 6 nitrogen and oxygen atoms in total. The van der Waals surface area contributed by atoms with Crippen molar-refractivity contribution < 1.29 is 9.32 Å². The second-order valence-corrected chi connectivity index (χ2v) is 7.43. The lowest BCUT2D eigenvalue weighted by Crippen LogP contribution is -2.31. The Morgan fingerprint density at radius 1 is 1.28 bits per heavy atom. The number of urea groups is 1. The molecule has 130 valence electrons. The van der Waals surface area contributed by atoms with Crippen LogP contribution in [0.1, 0.15) is 18.7 Å². The number of aryl methyl sites for hydroxylation is 1. The number of hydrogen-bond donors (Lipinski definition) is 2. The number of anilines is 1. The Kier molecular flexibility index (Phi) is 5.14. The van der Waals surface area contributed by atoms with Gasteiger partial charge in [-0.3, -0.25) is 0 Å². The molecule has 3 aromatic rings. The van der Waals surface area contributed by atoms with Crippen molar-refractivity contribution in [1.82, 2.24) is 15.5 Å². The summed E-state index contributed by atoms with van der Waals surface area (Å²) in [7, 11) is 0. The van der Waals surface area contributed by atoms with Gasteiger partial charge in [-0.15, -0.1) is 11.3 Å². The number of thiophene rings is 1. The highest BCUT2D eigenvalue weighted by atomic mass is 32.1. The van der Waals surface area contributed by atoms with Gasteiger partial charge in [-0.1, -0.05) is 31.1 Å². The number of carbonyl (C=O) groups excluding carboxylic acids is 1. The molecule has 0 spiro atoms. The first-order chi connectivity index (χ1) is 12.0. The highest BCUT2D eigenvalue weighted by Crippen LogP contribution is 2.28. The number of carbonyl (C=O) groups is 1. The fraction of sp³-hybridized carbons (Fsp3) is 0.278. The van der Waals surface area contributed by atoms with Gasteiger partial charge >= 0.3 is 6.03 Å². The van der Waals surface area contributed by atoms with Crippen LogP contribution in [0.25, 0.3) is 22.2 Å². The topological polar surface area (TPSA) is 80.0 Å². The van der Waals surface area contributed by atoms with Gasteiger partial charge in [-0.2, -0.15) is 4.98 Å². The number of nitrogens with zero attached hydrogens (tertiary/aromatic N) is 2. The molecule has 0 saturated heterocycles. The predicted molar refractivity (Wildman–Crippen MR) is 99.6 cm³/mol. The van der Waals surface area contributed by atoms with Crippen molar-refractivity contribution in [3.05, 3.63) is 41.3 Å². The summed E-state index contributed by atoms with van der Waals surface area (Å²) < 4.78 is 5.35. The average Bonchev–Trinajstić information content (AvgIpc) is 3.22. The van der Waals surface area contributed by atoms with Crippen molar-refractivity contribution in [3.8, 4) is 22.2 Å². The van der Waals surface area contributed by atoms with Crippen LogP contribution in [-0.2, 0) is 0 Å². The first-order valence-electron chi connectivity index (χ1n) is 8.07. The third kappa shape index (κ3) is 4.45. The molecule has 1 aromatic carbocycles. The first-order valence-corrected chi connectivity index (χ1v) is 8.88. The van der Waals surface area contributed by atoms with E-state index in [4.69, 9.17) is 4.52 Å². The summed E-state index contributed by atoms with van der Waals surface area (Å²) >= 11 is 1.61. The Morgan fingerprint density at radius 3 is 2.84 bits per heavy atom. The van der Waals surface area contributed by atoms with E-state index in [2.05, 4.69) is 20.8 Å². The van der Waals surface area contributed by atoms with Gasteiger partial charge in [0.25, 0.3) is 5.89 Å². The van der Waals surface area contributed by atoms with Gasteiger partial charge in [0.15, 0.2) is 0 Å². The Bertz CT molecular complexity index is 869. The molecule has 2 N–H and O–H groups in total. The number of hydrogen-bond acceptors (Lipinski definition) is 5. The molecule has 2 aromatic heterocycles. The van der Waals surface area contributed by atoms with Crippen molar-refractivity contribution in [2.45, 2.75) is 20.8 Å². The molecule has 0 atom stereocenters. The Labute approximate surface area is 150 Å². The summed E-state index contributed by atoms with van der Waals surface area (Å²) in [6, 6.07) is 11.1. The molecule has 0 aliphatic heterocycles. The van der Waals surface area contributed by atoms with Crippen molar-refractivity contribution in [3.63, 3.8) is 0 Å². The second kappa shape index (κ2) is 7.48. The fourth-order valence-corrected chi connectivity index (χ4v) is 2.99. The Hall–Kier alpha value is -2.67. The summed E-state index contributed by atoms with van der Waals surface area (Å²) in [5.74, 6) is 1.39. The lowest BCUT2D eigenvalue weighted by atomic mass is 10.2. The number of nitrogens with one attached hydrogen (secondary N) is 2. The number of rotatable bonds is 5. The number of aromatic nitrogens is 2. The zero-order chi connectivity index (χ0) is 17.8. The fourth-order valence-electron chi connectivity index (χ4n) is 2.20. The largest absolute Gasteiger partial charge is 0.338 e. The average molecular weight is 356 g/mol. The van der Waals surface area contributed by atoms with Gasteiger partial charge in [0.05, 0.1) is 4.88 Å². The molecule has 0 saturated carbocycles. The number of amides is 2. The molecule has 0 aliphatic carbocycles. The Balaban J connectivity index is 1.73. The normalized spacial score (nSPS) is 10.9. The van der Waals surface area contributed by atoms with E-state index in [1.54, 1.807) is 11.3 Å². The molecule has 25 heavy (non-hydrogen) atoms. The van der Waals surface area contributed by atoms with Crippen LogP contribution >= 0.6 is 11.3 Å². The van der Waals surface area contributed by atoms with Gasteiger partial charge in [0.2, 0.25) is 5.82 Å². The molecule has 0 bridgehead atoms. The van der Waals surface area contributed by atoms with Crippen molar-refractivity contribution in [1.29, 1.82) is 0 Å². The van der Waals surface area contributed by atoms with Crippen LogP contribution < -0.4 is 10.6 Å². The van der Waals surface area contributed by atoms with E-state index in [1.165, 1.54) is 4.88 Å². The monoisotopic (exact) mass is 356 g/mol. The third-order valence-electron chi connectivity index (χ3n) is 3.43. The zero-order valence-corrected chi connectivity index (χ0v) is 15.2. The zero-order valence-electron chi connectivity index (χ0n) is 14.4. The van der Waals surface area contributed by atoms with E-state index in [9.17, 15) is 4.79 Å². The smallest absolute Gasteiger partial charge is 0.319 e. The van der Waals surface area contributed by atoms with Gasteiger partial charge in [-0.05, 0) is 37.1 Å². The van der Waals surface area contributed by atoms with E-state index in [1.807, 2.05) is 57.2 Å². The van der Waals surface area contributed by atoms with Crippen LogP contribution in [0, 0.1) is 12.8 Å². The highest BCUT2D eigenvalue weighted by Gasteiger charge is 2.13. The van der Waals surface area contributed by atoms with Crippen LogP contribution in [-0.4, -0.2) is 22.7 Å². The van der Waals surface area contributed by atoms with Gasteiger partial charge in [0, 0.05) is 22.7 Å². The molecule has 3 rings (SSSR count). The summed E-state index contributed by atoms with van der Waals surface area (Å²) in [4.78, 5) is 18.5. The minimum atomic E-state index is -0.228.